The lowest BCUT2D eigenvalue weighted by Crippen LogP contribution is -1.93. The molecule has 0 N–H and O–H groups in total. The average Bonchev–Trinajstić information content (AvgIpc) is 2.68. The number of nitrogens with zero attached hydrogens (tertiary/aromatic N) is 3. The average molecular weight is 201 g/mol. The van der Waals surface area contributed by atoms with Crippen LogP contribution in [0.3, 0.4) is 0 Å². The number of rotatable bonds is 2. The molecule has 15 heavy (non-hydrogen) atoms. The van der Waals surface area contributed by atoms with Crippen LogP contribution in [0.5, 0.6) is 0 Å². The first kappa shape index (κ1) is 9.41. The first-order valence-electron chi connectivity index (χ1n) is 4.46. The Labute approximate surface area is 86.4 Å². The van der Waals surface area contributed by atoms with E-state index in [2.05, 4.69) is 5.10 Å². The maximum atomic E-state index is 12.7. The molecule has 0 saturated heterocycles. The summed E-state index contributed by atoms with van der Waals surface area (Å²) in [6.07, 6.45) is 3.73. The number of aromatic nitrogens is 2. The molecule has 2 aromatic rings. The van der Waals surface area contributed by atoms with Crippen molar-refractivity contribution in [1.82, 2.24) is 9.78 Å². The van der Waals surface area contributed by atoms with Gasteiger partial charge in [0.15, 0.2) is 0 Å². The molecule has 0 saturated carbocycles. The van der Waals surface area contributed by atoms with E-state index in [4.69, 9.17) is 5.26 Å². The maximum Gasteiger partial charge on any atom is 0.123 e. The second kappa shape index (κ2) is 3.93. The zero-order valence-corrected chi connectivity index (χ0v) is 7.89. The molecule has 2 rings (SSSR count). The van der Waals surface area contributed by atoms with Crippen LogP contribution in [0.2, 0.25) is 0 Å². The van der Waals surface area contributed by atoms with E-state index in [0.717, 1.165) is 11.3 Å². The van der Waals surface area contributed by atoms with Crippen molar-refractivity contribution in [2.75, 3.05) is 0 Å². The molecule has 0 amide bonds. The zero-order chi connectivity index (χ0) is 10.7. The zero-order valence-electron chi connectivity index (χ0n) is 7.89. The van der Waals surface area contributed by atoms with Crippen molar-refractivity contribution in [2.24, 2.45) is 0 Å². The van der Waals surface area contributed by atoms with Gasteiger partial charge in [-0.2, -0.15) is 10.4 Å². The number of halogens is 1. The number of benzene rings is 1. The highest BCUT2D eigenvalue weighted by Gasteiger charge is 2.00. The molecule has 3 nitrogen and oxygen atoms in total. The second-order valence-corrected chi connectivity index (χ2v) is 3.10. The van der Waals surface area contributed by atoms with Gasteiger partial charge >= 0.3 is 0 Å². The van der Waals surface area contributed by atoms with Gasteiger partial charge in [0.05, 0.1) is 24.4 Å². The molecule has 0 spiro atoms. The van der Waals surface area contributed by atoms with Gasteiger partial charge in [-0.05, 0) is 24.3 Å². The minimum atomic E-state index is -0.275. The lowest BCUT2D eigenvalue weighted by molar-refractivity contribution is 0.627. The minimum absolute atomic E-state index is 0.275. The molecule has 1 aromatic heterocycles. The molecule has 0 aliphatic rings. The highest BCUT2D eigenvalue weighted by molar-refractivity contribution is 5.31. The van der Waals surface area contributed by atoms with Gasteiger partial charge in [0.1, 0.15) is 5.82 Å². The Balaban J connectivity index is 2.30. The smallest absolute Gasteiger partial charge is 0.123 e. The maximum absolute atomic E-state index is 12.7. The quantitative estimate of drug-likeness (QED) is 0.746. The highest BCUT2D eigenvalue weighted by atomic mass is 19.1. The van der Waals surface area contributed by atoms with Gasteiger partial charge in [0, 0.05) is 11.8 Å². The summed E-state index contributed by atoms with van der Waals surface area (Å²) in [4.78, 5) is 0. The molecule has 74 valence electrons. The summed E-state index contributed by atoms with van der Waals surface area (Å²) in [5.74, 6) is -0.275. The molecule has 0 bridgehead atoms. The lowest BCUT2D eigenvalue weighted by atomic mass is 10.3. The van der Waals surface area contributed by atoms with Gasteiger partial charge in [0.25, 0.3) is 0 Å². The topological polar surface area (TPSA) is 41.6 Å². The van der Waals surface area contributed by atoms with E-state index in [1.54, 1.807) is 29.2 Å². The predicted octanol–water partition coefficient (Wildman–Crippen LogP) is 2.08. The molecular weight excluding hydrogens is 193 g/mol. The van der Waals surface area contributed by atoms with Gasteiger partial charge in [0.2, 0.25) is 0 Å². The van der Waals surface area contributed by atoms with Crippen LogP contribution in [0.4, 0.5) is 4.39 Å². The predicted molar refractivity (Wildman–Crippen MR) is 52.8 cm³/mol. The Morgan fingerprint density at radius 2 is 2.07 bits per heavy atom. The summed E-state index contributed by atoms with van der Waals surface area (Å²) >= 11 is 0. The van der Waals surface area contributed by atoms with Crippen molar-refractivity contribution < 1.29 is 4.39 Å². The van der Waals surface area contributed by atoms with Crippen molar-refractivity contribution in [2.45, 2.75) is 6.42 Å². The summed E-state index contributed by atoms with van der Waals surface area (Å²) in [6.45, 7) is 0. The molecule has 0 aliphatic carbocycles. The summed E-state index contributed by atoms with van der Waals surface area (Å²) < 4.78 is 14.3. The standard InChI is InChI=1S/C11H8FN3/c12-10-1-3-11(4-2-10)15-8-9(5-6-13)7-14-15/h1-4,7-8H,5H2. The summed E-state index contributed by atoms with van der Waals surface area (Å²) in [5.41, 5.74) is 1.63. The molecule has 4 heteroatoms. The van der Waals surface area contributed by atoms with Crippen molar-refractivity contribution >= 4 is 0 Å². The third-order valence-corrected chi connectivity index (χ3v) is 2.01. The van der Waals surface area contributed by atoms with Gasteiger partial charge in [-0.15, -0.1) is 0 Å². The van der Waals surface area contributed by atoms with Crippen LogP contribution in [0.25, 0.3) is 5.69 Å². The van der Waals surface area contributed by atoms with E-state index in [0.29, 0.717) is 6.42 Å². The van der Waals surface area contributed by atoms with E-state index < -0.39 is 0 Å². The van der Waals surface area contributed by atoms with Crippen LogP contribution in [0.1, 0.15) is 5.56 Å². The van der Waals surface area contributed by atoms with Crippen molar-refractivity contribution in [3.63, 3.8) is 0 Å². The minimum Gasteiger partial charge on any atom is -0.241 e. The molecule has 1 heterocycles. The highest BCUT2D eigenvalue weighted by Crippen LogP contribution is 2.09. The van der Waals surface area contributed by atoms with E-state index in [9.17, 15) is 4.39 Å². The Morgan fingerprint density at radius 1 is 1.33 bits per heavy atom. The fraction of sp³-hybridized carbons (Fsp3) is 0.0909. The number of hydrogen-bond donors (Lipinski definition) is 0. The van der Waals surface area contributed by atoms with Crippen molar-refractivity contribution in [1.29, 1.82) is 5.26 Å². The third kappa shape index (κ3) is 2.02. The van der Waals surface area contributed by atoms with E-state index in [1.165, 1.54) is 12.1 Å². The number of nitriles is 1. The molecule has 0 unspecified atom stereocenters. The largest absolute Gasteiger partial charge is 0.241 e. The van der Waals surface area contributed by atoms with E-state index >= 15 is 0 Å². The van der Waals surface area contributed by atoms with Crippen LogP contribution >= 0.6 is 0 Å². The van der Waals surface area contributed by atoms with Gasteiger partial charge < -0.3 is 0 Å². The molecule has 0 radical (unpaired) electrons. The molecular formula is C11H8FN3. The monoisotopic (exact) mass is 201 g/mol. The first-order chi connectivity index (χ1) is 7.29. The Hall–Kier alpha value is -2.15. The third-order valence-electron chi connectivity index (χ3n) is 2.01. The Bertz CT molecular complexity index is 493. The van der Waals surface area contributed by atoms with Crippen LogP contribution in [-0.2, 0) is 6.42 Å². The lowest BCUT2D eigenvalue weighted by Gasteiger charge is -1.99. The summed E-state index contributed by atoms with van der Waals surface area (Å²) in [5, 5.41) is 12.6. The summed E-state index contributed by atoms with van der Waals surface area (Å²) in [6, 6.07) is 8.07. The Morgan fingerprint density at radius 3 is 2.73 bits per heavy atom. The van der Waals surface area contributed by atoms with Gasteiger partial charge in [-0.1, -0.05) is 0 Å². The van der Waals surface area contributed by atoms with Crippen LogP contribution in [-0.4, -0.2) is 9.78 Å². The first-order valence-corrected chi connectivity index (χ1v) is 4.46. The van der Waals surface area contributed by atoms with Crippen molar-refractivity contribution in [3.8, 4) is 11.8 Å². The van der Waals surface area contributed by atoms with Gasteiger partial charge in [-0.3, -0.25) is 0 Å². The molecule has 1 aromatic carbocycles. The normalized spacial score (nSPS) is 9.87. The van der Waals surface area contributed by atoms with Crippen LogP contribution in [0.15, 0.2) is 36.7 Å². The Kier molecular flexibility index (Phi) is 2.46. The molecule has 0 fully saturated rings. The van der Waals surface area contributed by atoms with Crippen LogP contribution < -0.4 is 0 Å². The van der Waals surface area contributed by atoms with Crippen LogP contribution in [0, 0.1) is 17.1 Å². The van der Waals surface area contributed by atoms with E-state index in [-0.39, 0.29) is 5.82 Å². The SMILES string of the molecule is N#CCc1cnn(-c2ccc(F)cc2)c1. The van der Waals surface area contributed by atoms with Gasteiger partial charge in [-0.25, -0.2) is 9.07 Å². The number of hydrogen-bond acceptors (Lipinski definition) is 2. The van der Waals surface area contributed by atoms with E-state index in [1.807, 2.05) is 6.07 Å². The summed E-state index contributed by atoms with van der Waals surface area (Å²) in [7, 11) is 0. The molecule has 0 aliphatic heterocycles. The second-order valence-electron chi connectivity index (χ2n) is 3.10. The fourth-order valence-electron chi connectivity index (χ4n) is 1.28. The fourth-order valence-corrected chi connectivity index (χ4v) is 1.28. The van der Waals surface area contributed by atoms with Crippen molar-refractivity contribution in [3.05, 3.63) is 48.0 Å². The molecule has 0 atom stereocenters.